The van der Waals surface area contributed by atoms with Gasteiger partial charge in [-0.2, -0.15) is 0 Å². The van der Waals surface area contributed by atoms with Gasteiger partial charge in [-0.3, -0.25) is 4.79 Å². The molecule has 1 saturated heterocycles. The Kier molecular flexibility index (Phi) is 8.63. The summed E-state index contributed by atoms with van der Waals surface area (Å²) >= 11 is 0. The topological polar surface area (TPSA) is 57.8 Å². The van der Waals surface area contributed by atoms with E-state index in [1.165, 1.54) is 42.5 Å². The lowest BCUT2D eigenvalue weighted by Crippen LogP contribution is -2.43. The van der Waals surface area contributed by atoms with Crippen molar-refractivity contribution in [2.45, 2.75) is 38.9 Å². The Morgan fingerprint density at radius 3 is 2.44 bits per heavy atom. The maximum atomic E-state index is 13.2. The molecule has 12 heteroatoms. The quantitative estimate of drug-likeness (QED) is 0.310. The number of nitrogens with one attached hydrogen (secondary N) is 1. The number of aromatic nitrogens is 1. The third kappa shape index (κ3) is 8.29. The Morgan fingerprint density at radius 1 is 1.03 bits per heavy atom. The minimum atomic E-state index is -4.80. The van der Waals surface area contributed by atoms with Gasteiger partial charge in [0.2, 0.25) is 0 Å². The smallest absolute Gasteiger partial charge is 0.406 e. The van der Waals surface area contributed by atoms with Gasteiger partial charge < -0.3 is 24.3 Å². The van der Waals surface area contributed by atoms with E-state index in [1.54, 1.807) is 11.0 Å². The Labute approximate surface area is 221 Å². The highest BCUT2D eigenvalue weighted by Crippen LogP contribution is 2.28. The van der Waals surface area contributed by atoms with Crippen LogP contribution >= 0.6 is 0 Å². The van der Waals surface area contributed by atoms with E-state index in [0.717, 1.165) is 31.5 Å². The lowest BCUT2D eigenvalue weighted by Gasteiger charge is -2.35. The lowest BCUT2D eigenvalue weighted by molar-refractivity contribution is -0.275. The number of fused-ring (bicyclic) bond motifs is 1. The number of aromatic amines is 1. The number of benzene rings is 2. The summed E-state index contributed by atoms with van der Waals surface area (Å²) in [5, 5.41) is 0.435. The van der Waals surface area contributed by atoms with Gasteiger partial charge in [0.15, 0.2) is 0 Å². The fraction of sp³-hybridized carbons (Fsp3) is 0.444. The summed E-state index contributed by atoms with van der Waals surface area (Å²) in [5.41, 5.74) is 1.55. The van der Waals surface area contributed by atoms with Crippen molar-refractivity contribution in [1.29, 1.82) is 0 Å². The van der Waals surface area contributed by atoms with E-state index in [2.05, 4.69) is 19.4 Å². The molecule has 0 bridgehead atoms. The Morgan fingerprint density at radius 2 is 1.74 bits per heavy atom. The molecule has 39 heavy (non-hydrogen) atoms. The molecule has 0 saturated carbocycles. The summed E-state index contributed by atoms with van der Waals surface area (Å²) in [4.78, 5) is 20.2. The van der Waals surface area contributed by atoms with E-state index in [-0.39, 0.29) is 29.0 Å². The fourth-order valence-corrected chi connectivity index (χ4v) is 4.95. The molecule has 1 aromatic heterocycles. The number of likely N-dealkylation sites (tertiary alicyclic amines) is 1. The fourth-order valence-electron chi connectivity index (χ4n) is 4.95. The van der Waals surface area contributed by atoms with Crippen LogP contribution in [0.25, 0.3) is 10.9 Å². The van der Waals surface area contributed by atoms with Crippen molar-refractivity contribution < 1.29 is 40.6 Å². The van der Waals surface area contributed by atoms with Gasteiger partial charge in [0, 0.05) is 37.1 Å². The van der Waals surface area contributed by atoms with E-state index in [1.807, 2.05) is 6.92 Å². The van der Waals surface area contributed by atoms with Gasteiger partial charge >= 0.3 is 12.7 Å². The minimum Gasteiger partial charge on any atom is -0.406 e. The van der Waals surface area contributed by atoms with E-state index in [9.17, 15) is 31.1 Å². The molecule has 212 valence electrons. The molecule has 2 heterocycles. The number of carbonyl (C=O) groups is 1. The monoisotopic (exact) mass is 557 g/mol. The molecular formula is C27H29F6N3O3. The molecule has 4 rings (SSSR count). The highest BCUT2D eigenvalue weighted by molar-refractivity contribution is 5.98. The number of amides is 1. The first kappa shape index (κ1) is 28.6. The van der Waals surface area contributed by atoms with Crippen LogP contribution in [0.15, 0.2) is 48.5 Å². The molecule has 2 aromatic carbocycles. The first-order chi connectivity index (χ1) is 18.4. The standard InChI is InChI=1S/C27H29F6N3O3/c1-2-36(25(37)24-15-20-14-22(39-27(31,32)33)8-9-23(20)34-24)17-19-6-4-11-35(16-19)12-10-18-5-3-7-21(13-18)38-26(28,29)30/h3,5,7-9,13-15,19,34H,2,4,6,10-12,16-17H2,1H3. The number of alkyl halides is 6. The molecule has 1 aliphatic rings. The van der Waals surface area contributed by atoms with Gasteiger partial charge in [-0.25, -0.2) is 0 Å². The normalized spacial score (nSPS) is 16.8. The van der Waals surface area contributed by atoms with Crippen LogP contribution < -0.4 is 9.47 Å². The lowest BCUT2D eigenvalue weighted by atomic mass is 9.96. The van der Waals surface area contributed by atoms with Crippen molar-refractivity contribution in [2.24, 2.45) is 5.92 Å². The summed E-state index contributed by atoms with van der Waals surface area (Å²) in [6, 6.07) is 11.3. The zero-order chi connectivity index (χ0) is 28.2. The van der Waals surface area contributed by atoms with Gasteiger partial charge in [0.05, 0.1) is 0 Å². The second kappa shape index (κ2) is 11.8. The largest absolute Gasteiger partial charge is 0.573 e. The summed E-state index contributed by atoms with van der Waals surface area (Å²) in [5.74, 6) is -0.638. The molecule has 1 N–H and O–H groups in total. The van der Waals surface area contributed by atoms with Crippen LogP contribution in [-0.4, -0.2) is 66.1 Å². The number of ether oxygens (including phenoxy) is 2. The summed E-state index contributed by atoms with van der Waals surface area (Å²) in [7, 11) is 0. The van der Waals surface area contributed by atoms with E-state index < -0.39 is 12.7 Å². The van der Waals surface area contributed by atoms with Crippen LogP contribution in [0.5, 0.6) is 11.5 Å². The summed E-state index contributed by atoms with van der Waals surface area (Å²) in [6.07, 6.45) is -7.12. The van der Waals surface area contributed by atoms with Gasteiger partial charge in [0.25, 0.3) is 5.91 Å². The third-order valence-corrected chi connectivity index (χ3v) is 6.66. The number of halogens is 6. The van der Waals surface area contributed by atoms with Gasteiger partial charge in [0.1, 0.15) is 17.2 Å². The van der Waals surface area contributed by atoms with Gasteiger partial charge in [-0.05, 0) is 80.6 Å². The maximum Gasteiger partial charge on any atom is 0.573 e. The zero-order valence-corrected chi connectivity index (χ0v) is 21.2. The first-order valence-corrected chi connectivity index (χ1v) is 12.6. The number of hydrogen-bond acceptors (Lipinski definition) is 4. The number of piperidine rings is 1. The second-order valence-corrected chi connectivity index (χ2v) is 9.58. The number of nitrogens with zero attached hydrogens (tertiary/aromatic N) is 2. The first-order valence-electron chi connectivity index (χ1n) is 12.6. The molecular weight excluding hydrogens is 528 g/mol. The number of carbonyl (C=O) groups excluding carboxylic acids is 1. The maximum absolute atomic E-state index is 13.2. The average molecular weight is 558 g/mol. The van der Waals surface area contributed by atoms with E-state index in [4.69, 9.17) is 0 Å². The second-order valence-electron chi connectivity index (χ2n) is 9.58. The Balaban J connectivity index is 1.34. The molecule has 1 unspecified atom stereocenters. The predicted octanol–water partition coefficient (Wildman–Crippen LogP) is 6.38. The summed E-state index contributed by atoms with van der Waals surface area (Å²) in [6.45, 7) is 5.10. The van der Waals surface area contributed by atoms with Crippen molar-refractivity contribution in [1.82, 2.24) is 14.8 Å². The van der Waals surface area contributed by atoms with Gasteiger partial charge in [-0.1, -0.05) is 12.1 Å². The molecule has 1 aliphatic heterocycles. The molecule has 1 atom stereocenters. The van der Waals surface area contributed by atoms with Crippen molar-refractivity contribution >= 4 is 16.8 Å². The number of H-pyrrole nitrogens is 1. The molecule has 3 aromatic rings. The van der Waals surface area contributed by atoms with Crippen molar-refractivity contribution in [3.05, 3.63) is 59.8 Å². The van der Waals surface area contributed by atoms with E-state index >= 15 is 0 Å². The third-order valence-electron chi connectivity index (χ3n) is 6.66. The predicted molar refractivity (Wildman–Crippen MR) is 133 cm³/mol. The molecule has 1 fully saturated rings. The van der Waals surface area contributed by atoms with Crippen LogP contribution in [-0.2, 0) is 6.42 Å². The number of rotatable bonds is 9. The minimum absolute atomic E-state index is 0.207. The van der Waals surface area contributed by atoms with Crippen LogP contribution in [0.2, 0.25) is 0 Å². The molecule has 6 nitrogen and oxygen atoms in total. The van der Waals surface area contributed by atoms with Crippen LogP contribution in [0.3, 0.4) is 0 Å². The Bertz CT molecular complexity index is 1270. The molecule has 0 radical (unpaired) electrons. The number of hydrogen-bond donors (Lipinski definition) is 1. The SMILES string of the molecule is CCN(CC1CCCN(CCc2cccc(OC(F)(F)F)c2)C1)C(=O)c1cc2cc(OC(F)(F)F)ccc2[nH]1. The molecule has 0 aliphatic carbocycles. The van der Waals surface area contributed by atoms with Crippen LogP contribution in [0.1, 0.15) is 35.8 Å². The summed E-state index contributed by atoms with van der Waals surface area (Å²) < 4.78 is 83.1. The zero-order valence-electron chi connectivity index (χ0n) is 21.2. The molecule has 0 spiro atoms. The highest BCUT2D eigenvalue weighted by Gasteiger charge is 2.32. The highest BCUT2D eigenvalue weighted by atomic mass is 19.4. The Hall–Kier alpha value is -3.41. The van der Waals surface area contributed by atoms with Crippen LogP contribution in [0, 0.1) is 5.92 Å². The molecule has 1 amide bonds. The van der Waals surface area contributed by atoms with Crippen molar-refractivity contribution in [3.8, 4) is 11.5 Å². The van der Waals surface area contributed by atoms with E-state index in [0.29, 0.717) is 37.0 Å². The van der Waals surface area contributed by atoms with Crippen LogP contribution in [0.4, 0.5) is 26.3 Å². The van der Waals surface area contributed by atoms with Crippen molar-refractivity contribution in [3.63, 3.8) is 0 Å². The average Bonchev–Trinajstić information content (AvgIpc) is 3.27. The van der Waals surface area contributed by atoms with Crippen molar-refractivity contribution in [2.75, 3.05) is 32.7 Å². The van der Waals surface area contributed by atoms with Gasteiger partial charge in [-0.15, -0.1) is 26.3 Å².